The van der Waals surface area contributed by atoms with E-state index in [4.69, 9.17) is 0 Å². The number of rotatable bonds is 5. The predicted molar refractivity (Wildman–Crippen MR) is 117 cm³/mol. The Hall–Kier alpha value is -2.99. The van der Waals surface area contributed by atoms with Crippen LogP contribution in [0, 0.1) is 12.8 Å². The van der Waals surface area contributed by atoms with Crippen molar-refractivity contribution >= 4 is 11.6 Å². The second-order valence-corrected chi connectivity index (χ2v) is 8.39. The quantitative estimate of drug-likeness (QED) is 0.709. The van der Waals surface area contributed by atoms with E-state index < -0.39 is 5.91 Å². The number of hydrogen-bond acceptors (Lipinski definition) is 4. The Kier molecular flexibility index (Phi) is 5.95. The number of hydrogen-bond donors (Lipinski definition) is 1. The Morgan fingerprint density at radius 2 is 1.93 bits per heavy atom. The molecule has 1 amide bonds. The molecule has 1 N–H and O–H groups in total. The molecule has 1 atom stereocenters. The van der Waals surface area contributed by atoms with Crippen LogP contribution in [0.3, 0.4) is 0 Å². The maximum absolute atomic E-state index is 12.6. The third kappa shape index (κ3) is 4.60. The van der Waals surface area contributed by atoms with Crippen LogP contribution in [0.5, 0.6) is 0 Å². The zero-order valence-electron chi connectivity index (χ0n) is 17.6. The van der Waals surface area contributed by atoms with E-state index in [1.165, 1.54) is 29.0 Å². The average Bonchev–Trinajstić information content (AvgIpc) is 2.74. The summed E-state index contributed by atoms with van der Waals surface area (Å²) in [5, 5.41) is 2.84. The van der Waals surface area contributed by atoms with E-state index in [9.17, 15) is 9.59 Å². The Morgan fingerprint density at radius 3 is 2.70 bits per heavy atom. The molecule has 1 aliphatic rings. The standard InChI is InChI=1S/C24H28N4O2/c1-17-4-3-11-27(14-17)16-20-8-6-19(7-9-20)12-26-23(29)21-13-25-22-10-5-18(2)15-28(22)24(21)30/h5-10,13,15,17H,3-4,11-12,14,16H2,1-2H3,(H,26,29)/t17-/m0/s1. The number of fused-ring (bicyclic) bond motifs is 1. The number of benzene rings is 1. The lowest BCUT2D eigenvalue weighted by Gasteiger charge is -2.30. The molecule has 0 unspecified atom stereocenters. The van der Waals surface area contributed by atoms with E-state index in [0.717, 1.165) is 36.7 Å². The van der Waals surface area contributed by atoms with Crippen molar-refractivity contribution in [3.8, 4) is 0 Å². The minimum absolute atomic E-state index is 0.0499. The second-order valence-electron chi connectivity index (χ2n) is 8.39. The molecule has 6 heteroatoms. The van der Waals surface area contributed by atoms with E-state index in [-0.39, 0.29) is 11.1 Å². The van der Waals surface area contributed by atoms with Gasteiger partial charge in [0.2, 0.25) is 0 Å². The molecule has 0 spiro atoms. The van der Waals surface area contributed by atoms with Gasteiger partial charge >= 0.3 is 0 Å². The zero-order chi connectivity index (χ0) is 21.1. The Balaban J connectivity index is 1.38. The van der Waals surface area contributed by atoms with Crippen molar-refractivity contribution < 1.29 is 4.79 Å². The van der Waals surface area contributed by atoms with E-state index >= 15 is 0 Å². The first kappa shape index (κ1) is 20.3. The zero-order valence-corrected chi connectivity index (χ0v) is 17.6. The smallest absolute Gasteiger partial charge is 0.270 e. The first-order valence-corrected chi connectivity index (χ1v) is 10.6. The molecule has 3 heterocycles. The number of piperidine rings is 1. The van der Waals surface area contributed by atoms with Crippen molar-refractivity contribution in [2.45, 2.75) is 39.8 Å². The van der Waals surface area contributed by atoms with Crippen LogP contribution in [-0.4, -0.2) is 33.3 Å². The molecule has 1 fully saturated rings. The average molecular weight is 405 g/mol. The molecule has 1 saturated heterocycles. The van der Waals surface area contributed by atoms with E-state index in [0.29, 0.717) is 12.2 Å². The minimum Gasteiger partial charge on any atom is -0.348 e. The van der Waals surface area contributed by atoms with Gasteiger partial charge in [0.25, 0.3) is 11.5 Å². The van der Waals surface area contributed by atoms with Crippen LogP contribution in [0.25, 0.3) is 5.65 Å². The topological polar surface area (TPSA) is 66.7 Å². The molecule has 1 aliphatic heterocycles. The van der Waals surface area contributed by atoms with Crippen LogP contribution in [0.1, 0.15) is 46.8 Å². The summed E-state index contributed by atoms with van der Waals surface area (Å²) in [5.74, 6) is 0.362. The van der Waals surface area contributed by atoms with E-state index in [2.05, 4.69) is 34.3 Å². The lowest BCUT2D eigenvalue weighted by Crippen LogP contribution is -2.33. The van der Waals surface area contributed by atoms with Crippen LogP contribution >= 0.6 is 0 Å². The van der Waals surface area contributed by atoms with Gasteiger partial charge in [0, 0.05) is 32.0 Å². The number of aryl methyl sites for hydroxylation is 1. The lowest BCUT2D eigenvalue weighted by molar-refractivity contribution is 0.0949. The molecule has 0 aliphatic carbocycles. The molecular formula is C24H28N4O2. The number of carbonyl (C=O) groups excluding carboxylic acids is 1. The normalized spacial score (nSPS) is 17.2. The largest absolute Gasteiger partial charge is 0.348 e. The van der Waals surface area contributed by atoms with Gasteiger partial charge < -0.3 is 5.32 Å². The number of carbonyl (C=O) groups is 1. The summed E-state index contributed by atoms with van der Waals surface area (Å²) in [7, 11) is 0. The molecule has 156 valence electrons. The highest BCUT2D eigenvalue weighted by atomic mass is 16.2. The SMILES string of the molecule is Cc1ccc2ncc(C(=O)NCc3ccc(CN4CCC[C@H](C)C4)cc3)c(=O)n2c1. The van der Waals surface area contributed by atoms with Crippen molar-refractivity contribution in [2.75, 3.05) is 13.1 Å². The van der Waals surface area contributed by atoms with Crippen LogP contribution in [0.4, 0.5) is 0 Å². The third-order valence-electron chi connectivity index (χ3n) is 5.72. The molecular weight excluding hydrogens is 376 g/mol. The molecule has 1 aromatic carbocycles. The highest BCUT2D eigenvalue weighted by Crippen LogP contribution is 2.18. The van der Waals surface area contributed by atoms with Gasteiger partial charge in [-0.1, -0.05) is 37.3 Å². The monoisotopic (exact) mass is 404 g/mol. The van der Waals surface area contributed by atoms with E-state index in [1.807, 2.05) is 25.1 Å². The van der Waals surface area contributed by atoms with Crippen LogP contribution in [0.2, 0.25) is 0 Å². The van der Waals surface area contributed by atoms with Gasteiger partial charge in [-0.05, 0) is 55.0 Å². The summed E-state index contributed by atoms with van der Waals surface area (Å²) in [6.45, 7) is 7.87. The third-order valence-corrected chi connectivity index (χ3v) is 5.72. The first-order chi connectivity index (χ1) is 14.5. The maximum atomic E-state index is 12.6. The fraction of sp³-hybridized carbons (Fsp3) is 0.375. The second kappa shape index (κ2) is 8.79. The van der Waals surface area contributed by atoms with Crippen molar-refractivity contribution in [1.29, 1.82) is 0 Å². The van der Waals surface area contributed by atoms with Gasteiger partial charge in [0.05, 0.1) is 0 Å². The van der Waals surface area contributed by atoms with Crippen LogP contribution < -0.4 is 10.9 Å². The highest BCUT2D eigenvalue weighted by Gasteiger charge is 2.16. The number of nitrogens with one attached hydrogen (secondary N) is 1. The summed E-state index contributed by atoms with van der Waals surface area (Å²) < 4.78 is 1.42. The fourth-order valence-electron chi connectivity index (χ4n) is 4.07. The highest BCUT2D eigenvalue weighted by molar-refractivity contribution is 5.93. The summed E-state index contributed by atoms with van der Waals surface area (Å²) in [6.07, 6.45) is 5.65. The minimum atomic E-state index is -0.408. The summed E-state index contributed by atoms with van der Waals surface area (Å²) in [4.78, 5) is 31.9. The van der Waals surface area contributed by atoms with Crippen molar-refractivity contribution in [1.82, 2.24) is 19.6 Å². The van der Waals surface area contributed by atoms with Crippen molar-refractivity contribution in [2.24, 2.45) is 5.92 Å². The lowest BCUT2D eigenvalue weighted by atomic mass is 9.99. The summed E-state index contributed by atoms with van der Waals surface area (Å²) in [6, 6.07) is 12.0. The molecule has 4 rings (SSSR count). The molecule has 0 saturated carbocycles. The number of amides is 1. The van der Waals surface area contributed by atoms with Gasteiger partial charge in [-0.15, -0.1) is 0 Å². The molecule has 0 radical (unpaired) electrons. The Bertz CT molecular complexity index is 1100. The number of pyridine rings is 1. The molecule has 3 aromatic rings. The number of nitrogens with zero attached hydrogens (tertiary/aromatic N) is 3. The number of likely N-dealkylation sites (tertiary alicyclic amines) is 1. The summed E-state index contributed by atoms with van der Waals surface area (Å²) >= 11 is 0. The van der Waals surface area contributed by atoms with E-state index in [1.54, 1.807) is 12.3 Å². The van der Waals surface area contributed by atoms with Gasteiger partial charge in [0.1, 0.15) is 11.2 Å². The van der Waals surface area contributed by atoms with Gasteiger partial charge in [-0.2, -0.15) is 0 Å². The van der Waals surface area contributed by atoms with Gasteiger partial charge in [0.15, 0.2) is 0 Å². The van der Waals surface area contributed by atoms with Crippen LogP contribution in [-0.2, 0) is 13.1 Å². The molecule has 2 aromatic heterocycles. The maximum Gasteiger partial charge on any atom is 0.270 e. The fourth-order valence-corrected chi connectivity index (χ4v) is 4.07. The van der Waals surface area contributed by atoms with Gasteiger partial charge in [-0.25, -0.2) is 4.98 Å². The van der Waals surface area contributed by atoms with Crippen LogP contribution in [0.15, 0.2) is 53.6 Å². The van der Waals surface area contributed by atoms with Crippen molar-refractivity contribution in [3.05, 3.63) is 81.4 Å². The first-order valence-electron chi connectivity index (χ1n) is 10.6. The Labute approximate surface area is 176 Å². The summed E-state index contributed by atoms with van der Waals surface area (Å²) in [5.41, 5.74) is 3.44. The van der Waals surface area contributed by atoms with Crippen molar-refractivity contribution in [3.63, 3.8) is 0 Å². The predicted octanol–water partition coefficient (Wildman–Crippen LogP) is 3.16. The molecule has 0 bridgehead atoms. The number of aromatic nitrogens is 2. The van der Waals surface area contributed by atoms with Gasteiger partial charge in [-0.3, -0.25) is 18.9 Å². The molecule has 6 nitrogen and oxygen atoms in total. The Morgan fingerprint density at radius 1 is 1.17 bits per heavy atom. The molecule has 30 heavy (non-hydrogen) atoms.